The molecular weight excluding hydrogens is 554 g/mol. The highest BCUT2D eigenvalue weighted by atomic mass is 16.6. The lowest BCUT2D eigenvalue weighted by Gasteiger charge is -2.66. The Balaban J connectivity index is 1.70. The molecule has 3 fully saturated rings. The summed E-state index contributed by atoms with van der Waals surface area (Å²) in [6.07, 6.45) is 6.92. The summed E-state index contributed by atoms with van der Waals surface area (Å²) in [4.78, 5) is 47.8. The highest BCUT2D eigenvalue weighted by molar-refractivity contribution is 5.96. The molecule has 0 aromatic carbocycles. The van der Waals surface area contributed by atoms with Crippen molar-refractivity contribution in [2.24, 2.45) is 49.5 Å². The Kier molecular flexibility index (Phi) is 9.26. The van der Waals surface area contributed by atoms with Crippen LogP contribution in [0.5, 0.6) is 0 Å². The Morgan fingerprint density at radius 1 is 0.952 bits per heavy atom. The van der Waals surface area contributed by atoms with Crippen LogP contribution >= 0.6 is 0 Å². The van der Waals surface area contributed by atoms with Crippen LogP contribution in [-0.2, 0) is 28.9 Å². The van der Waals surface area contributed by atoms with Crippen LogP contribution in [-0.4, -0.2) is 93.6 Å². The van der Waals surface area contributed by atoms with Gasteiger partial charge in [-0.1, -0.05) is 34.9 Å². The molecule has 0 spiro atoms. The molecule has 14 heteroatoms. The second-order valence-electron chi connectivity index (χ2n) is 12.1. The molecule has 0 amide bonds. The van der Waals surface area contributed by atoms with Gasteiger partial charge < -0.3 is 40.0 Å². The van der Waals surface area contributed by atoms with Crippen molar-refractivity contribution in [3.05, 3.63) is 11.6 Å². The van der Waals surface area contributed by atoms with E-state index in [0.29, 0.717) is 31.4 Å². The molecule has 42 heavy (non-hydrogen) atoms. The van der Waals surface area contributed by atoms with Crippen LogP contribution in [0.4, 0.5) is 0 Å². The fourth-order valence-corrected chi connectivity index (χ4v) is 8.31. The van der Waals surface area contributed by atoms with Gasteiger partial charge in [0, 0.05) is 16.7 Å². The molecule has 7 atom stereocenters. The van der Waals surface area contributed by atoms with E-state index in [-0.39, 0.29) is 29.4 Å². The fraction of sp³-hybridized carbons (Fsp3) is 0.714. The Bertz CT molecular complexity index is 1200. The summed E-state index contributed by atoms with van der Waals surface area (Å²) in [5, 5.41) is 61.1. The molecule has 4 aliphatic rings. The molecule has 0 saturated heterocycles. The summed E-state index contributed by atoms with van der Waals surface area (Å²) < 4.78 is 0. The van der Waals surface area contributed by atoms with Crippen LogP contribution in [0.2, 0.25) is 0 Å². The third-order valence-electron chi connectivity index (χ3n) is 10.3. The van der Waals surface area contributed by atoms with Gasteiger partial charge in [0.2, 0.25) is 19.8 Å². The number of carboxylic acid groups (broad SMARTS) is 3. The SMILES string of the molecule is C[C@]12[C@@H](O)C[C@]3(/C=N\OCC(=O)O)[C@@H](/C(CO)=N/OCC(=O)O)CC[C@H]3[C@@H]1CCC1=C/C(=N\OCC(=O)O)CC[C@@]12C. The molecule has 0 radical (unpaired) electrons. The number of allylic oxidation sites excluding steroid dienone is 2. The predicted molar refractivity (Wildman–Crippen MR) is 147 cm³/mol. The largest absolute Gasteiger partial charge is 0.479 e. The molecule has 0 aromatic heterocycles. The minimum atomic E-state index is -1.21. The number of carboxylic acids is 3. The van der Waals surface area contributed by atoms with Crippen molar-refractivity contribution < 1.29 is 54.4 Å². The van der Waals surface area contributed by atoms with Crippen molar-refractivity contribution >= 4 is 35.5 Å². The van der Waals surface area contributed by atoms with Crippen LogP contribution in [0.1, 0.15) is 58.8 Å². The second kappa shape index (κ2) is 12.4. The Labute approximate surface area is 242 Å². The van der Waals surface area contributed by atoms with Crippen LogP contribution in [0.15, 0.2) is 27.1 Å². The molecule has 5 N–H and O–H groups in total. The van der Waals surface area contributed by atoms with E-state index in [4.69, 9.17) is 29.8 Å². The number of oxime groups is 3. The van der Waals surface area contributed by atoms with E-state index in [1.807, 2.05) is 6.08 Å². The van der Waals surface area contributed by atoms with Crippen molar-refractivity contribution in [1.29, 1.82) is 0 Å². The summed E-state index contributed by atoms with van der Waals surface area (Å²) in [7, 11) is 0. The van der Waals surface area contributed by atoms with E-state index in [1.165, 1.54) is 0 Å². The van der Waals surface area contributed by atoms with Crippen LogP contribution in [0.25, 0.3) is 0 Å². The van der Waals surface area contributed by atoms with E-state index < -0.39 is 67.2 Å². The second-order valence-corrected chi connectivity index (χ2v) is 12.1. The number of fused-ring (bicyclic) bond motifs is 5. The smallest absolute Gasteiger partial charge is 0.344 e. The molecule has 0 heterocycles. The van der Waals surface area contributed by atoms with Crippen molar-refractivity contribution in [2.75, 3.05) is 26.4 Å². The predicted octanol–water partition coefficient (Wildman–Crippen LogP) is 1.90. The lowest BCUT2D eigenvalue weighted by Crippen LogP contribution is -2.64. The van der Waals surface area contributed by atoms with Crippen molar-refractivity contribution in [3.63, 3.8) is 0 Å². The normalized spacial score (nSPS) is 36.9. The number of aliphatic carboxylic acids is 3. The molecule has 14 nitrogen and oxygen atoms in total. The van der Waals surface area contributed by atoms with Gasteiger partial charge >= 0.3 is 17.9 Å². The first kappa shape index (κ1) is 31.4. The molecular formula is C28H39N3O11. The standard InChI is InChI=1S/C28H39N3O11/c1-26-8-7-17(30-41-13-24(36)37)9-16(26)3-4-18-19-5-6-20(21(11-32)31-42-14-25(38)39)28(19,10-22(33)27(18,26)2)15-29-40-12-23(34)35/h9,15,18-20,22,32-33H,3-8,10-14H2,1-2H3,(H,34,35)(H,36,37)(H,38,39)/b29-15-,30-17-,31-21+/t18-,19-,20+,22-,26-,27+,28+/m0/s1. The highest BCUT2D eigenvalue weighted by Gasteiger charge is 2.69. The minimum absolute atomic E-state index is 0.0148. The maximum Gasteiger partial charge on any atom is 0.344 e. The molecule has 0 aliphatic heterocycles. The van der Waals surface area contributed by atoms with Crippen molar-refractivity contribution in [2.45, 2.75) is 64.9 Å². The minimum Gasteiger partial charge on any atom is -0.479 e. The number of nitrogens with zero attached hydrogens (tertiary/aromatic N) is 3. The molecule has 0 bridgehead atoms. The van der Waals surface area contributed by atoms with Crippen LogP contribution < -0.4 is 0 Å². The molecule has 0 aromatic rings. The Morgan fingerprint density at radius 2 is 1.62 bits per heavy atom. The molecule has 0 unspecified atom stereocenters. The van der Waals surface area contributed by atoms with Gasteiger partial charge in [0.15, 0.2) is 0 Å². The topological polar surface area (TPSA) is 217 Å². The lowest BCUT2D eigenvalue weighted by molar-refractivity contribution is -0.174. The van der Waals surface area contributed by atoms with Crippen molar-refractivity contribution in [3.8, 4) is 0 Å². The zero-order valence-corrected chi connectivity index (χ0v) is 23.8. The van der Waals surface area contributed by atoms with Gasteiger partial charge in [0.05, 0.1) is 30.3 Å². The number of rotatable bonds is 12. The van der Waals surface area contributed by atoms with Gasteiger partial charge in [-0.05, 0) is 68.3 Å². The number of hydrogen-bond acceptors (Lipinski definition) is 11. The van der Waals surface area contributed by atoms with Gasteiger partial charge in [0.25, 0.3) is 0 Å². The van der Waals surface area contributed by atoms with Gasteiger partial charge in [-0.15, -0.1) is 0 Å². The third kappa shape index (κ3) is 5.61. The van der Waals surface area contributed by atoms with E-state index in [2.05, 4.69) is 29.3 Å². The summed E-state index contributed by atoms with van der Waals surface area (Å²) in [5.41, 5.74) is 0.241. The van der Waals surface area contributed by atoms with Gasteiger partial charge in [-0.3, -0.25) is 0 Å². The van der Waals surface area contributed by atoms with E-state index in [9.17, 15) is 24.6 Å². The molecule has 4 rings (SSSR count). The monoisotopic (exact) mass is 593 g/mol. The summed E-state index contributed by atoms with van der Waals surface area (Å²) in [6.45, 7) is 1.95. The number of carbonyl (C=O) groups is 3. The Hall–Kier alpha value is -3.52. The van der Waals surface area contributed by atoms with E-state index in [1.54, 1.807) is 6.21 Å². The Morgan fingerprint density at radius 3 is 2.29 bits per heavy atom. The van der Waals surface area contributed by atoms with Gasteiger partial charge in [0.1, 0.15) is 0 Å². The molecule has 4 aliphatic carbocycles. The average Bonchev–Trinajstić information content (AvgIpc) is 3.28. The summed E-state index contributed by atoms with van der Waals surface area (Å²) >= 11 is 0. The number of hydrogen-bond donors (Lipinski definition) is 5. The van der Waals surface area contributed by atoms with E-state index >= 15 is 0 Å². The third-order valence-corrected chi connectivity index (χ3v) is 10.3. The quantitative estimate of drug-likeness (QED) is 0.163. The maximum atomic E-state index is 12.1. The first-order chi connectivity index (χ1) is 19.9. The summed E-state index contributed by atoms with van der Waals surface area (Å²) in [5.74, 6) is -3.97. The number of aliphatic hydroxyl groups excluding tert-OH is 2. The first-order valence-electron chi connectivity index (χ1n) is 14.1. The average molecular weight is 594 g/mol. The van der Waals surface area contributed by atoms with Crippen LogP contribution in [0.3, 0.4) is 0 Å². The van der Waals surface area contributed by atoms with Crippen molar-refractivity contribution in [1.82, 2.24) is 0 Å². The molecule has 232 valence electrons. The molecule has 3 saturated carbocycles. The summed E-state index contributed by atoms with van der Waals surface area (Å²) in [6, 6.07) is 0. The van der Waals surface area contributed by atoms with Crippen LogP contribution in [0, 0.1) is 34.0 Å². The van der Waals surface area contributed by atoms with E-state index in [0.717, 1.165) is 18.4 Å². The maximum absolute atomic E-state index is 12.1. The van der Waals surface area contributed by atoms with Gasteiger partial charge in [-0.25, -0.2) is 14.4 Å². The highest BCUT2D eigenvalue weighted by Crippen LogP contribution is 2.71. The number of aliphatic hydroxyl groups is 2. The first-order valence-corrected chi connectivity index (χ1v) is 14.1. The zero-order valence-electron chi connectivity index (χ0n) is 23.8. The zero-order chi connectivity index (χ0) is 30.7. The van der Waals surface area contributed by atoms with Gasteiger partial charge in [-0.2, -0.15) is 0 Å². The fourth-order valence-electron chi connectivity index (χ4n) is 8.31. The lowest BCUT2D eigenvalue weighted by atomic mass is 9.39.